The molecule has 0 saturated heterocycles. The van der Waals surface area contributed by atoms with Gasteiger partial charge in [0, 0.05) is 17.7 Å². The predicted octanol–water partition coefficient (Wildman–Crippen LogP) is 7.04. The van der Waals surface area contributed by atoms with E-state index in [0.717, 1.165) is 17.2 Å². The van der Waals surface area contributed by atoms with Gasteiger partial charge in [-0.25, -0.2) is 4.39 Å². The molecule has 0 heterocycles. The van der Waals surface area contributed by atoms with Gasteiger partial charge in [-0.05, 0) is 49.6 Å². The number of rotatable bonds is 6. The Labute approximate surface area is 191 Å². The third-order valence-corrected chi connectivity index (χ3v) is 5.33. The van der Waals surface area contributed by atoms with Crippen LogP contribution in [0, 0.1) is 26.6 Å². The van der Waals surface area contributed by atoms with E-state index in [2.05, 4.69) is 5.32 Å². The summed E-state index contributed by atoms with van der Waals surface area (Å²) in [5.41, 5.74) is 3.65. The number of amides is 1. The van der Waals surface area contributed by atoms with Gasteiger partial charge < -0.3 is 5.32 Å². The van der Waals surface area contributed by atoms with Gasteiger partial charge in [0.2, 0.25) is 0 Å². The van der Waals surface area contributed by atoms with Crippen LogP contribution >= 0.6 is 0 Å². The molecule has 1 atom stereocenters. The Bertz CT molecular complexity index is 1160. The summed E-state index contributed by atoms with van der Waals surface area (Å²) in [4.78, 5) is 12.5. The standard InChI is InChI=1S/C27H25F4NO/c1-17-12-18(2)14-22(13-17)24(27(29,30)31)11-9-20-8-10-23(19(3)15-20)26(33)32-16-21-6-4-5-7-25(21)28/h4-15,24H,16H2,1-3H3,(H,32,33)/b11-9+. The molecule has 0 fully saturated rings. The van der Waals surface area contributed by atoms with E-state index in [0.29, 0.717) is 22.3 Å². The van der Waals surface area contributed by atoms with Crippen molar-refractivity contribution in [1.29, 1.82) is 0 Å². The molecule has 0 aliphatic rings. The van der Waals surface area contributed by atoms with E-state index in [4.69, 9.17) is 0 Å². The smallest absolute Gasteiger partial charge is 0.348 e. The quantitative estimate of drug-likeness (QED) is 0.397. The lowest BCUT2D eigenvalue weighted by Gasteiger charge is -2.18. The summed E-state index contributed by atoms with van der Waals surface area (Å²) in [6, 6.07) is 15.9. The number of hydrogen-bond acceptors (Lipinski definition) is 1. The van der Waals surface area contributed by atoms with Gasteiger partial charge >= 0.3 is 6.18 Å². The number of carbonyl (C=O) groups excluding carboxylic acids is 1. The summed E-state index contributed by atoms with van der Waals surface area (Å²) in [5.74, 6) is -2.52. The fourth-order valence-corrected chi connectivity index (χ4v) is 3.76. The van der Waals surface area contributed by atoms with Crippen LogP contribution in [0.4, 0.5) is 17.6 Å². The second-order valence-electron chi connectivity index (χ2n) is 8.15. The first kappa shape index (κ1) is 24.2. The largest absolute Gasteiger partial charge is 0.399 e. The molecule has 1 N–H and O–H groups in total. The van der Waals surface area contributed by atoms with E-state index >= 15 is 0 Å². The van der Waals surface area contributed by atoms with Gasteiger partial charge in [-0.15, -0.1) is 0 Å². The molecule has 1 unspecified atom stereocenters. The van der Waals surface area contributed by atoms with Crippen LogP contribution in [-0.4, -0.2) is 12.1 Å². The normalized spacial score (nSPS) is 12.7. The van der Waals surface area contributed by atoms with Gasteiger partial charge in [0.05, 0.1) is 5.92 Å². The van der Waals surface area contributed by atoms with Gasteiger partial charge in [0.15, 0.2) is 0 Å². The van der Waals surface area contributed by atoms with E-state index in [1.165, 1.54) is 12.1 Å². The number of aryl methyl sites for hydroxylation is 3. The Balaban J connectivity index is 1.77. The second kappa shape index (κ2) is 10.0. The molecule has 0 spiro atoms. The number of halogens is 4. The number of hydrogen-bond donors (Lipinski definition) is 1. The van der Waals surface area contributed by atoms with Crippen LogP contribution in [0.3, 0.4) is 0 Å². The number of alkyl halides is 3. The van der Waals surface area contributed by atoms with E-state index in [1.54, 1.807) is 69.3 Å². The highest BCUT2D eigenvalue weighted by Gasteiger charge is 2.39. The van der Waals surface area contributed by atoms with Crippen molar-refractivity contribution < 1.29 is 22.4 Å². The zero-order valence-corrected chi connectivity index (χ0v) is 18.6. The lowest BCUT2D eigenvalue weighted by atomic mass is 9.93. The molecule has 172 valence electrons. The van der Waals surface area contributed by atoms with Crippen molar-refractivity contribution in [3.05, 3.63) is 112 Å². The molecule has 2 nitrogen and oxygen atoms in total. The van der Waals surface area contributed by atoms with Crippen molar-refractivity contribution in [2.45, 2.75) is 39.4 Å². The first-order valence-corrected chi connectivity index (χ1v) is 10.5. The second-order valence-corrected chi connectivity index (χ2v) is 8.15. The van der Waals surface area contributed by atoms with Gasteiger partial charge in [0.1, 0.15) is 5.82 Å². The number of carbonyl (C=O) groups is 1. The number of allylic oxidation sites excluding steroid dienone is 1. The molecule has 33 heavy (non-hydrogen) atoms. The average Bonchev–Trinajstić information content (AvgIpc) is 2.71. The summed E-state index contributed by atoms with van der Waals surface area (Å²) < 4.78 is 55.0. The summed E-state index contributed by atoms with van der Waals surface area (Å²) in [5, 5.41) is 2.67. The van der Waals surface area contributed by atoms with Crippen LogP contribution in [0.5, 0.6) is 0 Å². The lowest BCUT2D eigenvalue weighted by Crippen LogP contribution is -2.24. The Kier molecular flexibility index (Phi) is 7.36. The molecule has 1 amide bonds. The van der Waals surface area contributed by atoms with Crippen molar-refractivity contribution in [3.63, 3.8) is 0 Å². The number of benzene rings is 3. The van der Waals surface area contributed by atoms with Gasteiger partial charge in [0.25, 0.3) is 5.91 Å². The fraction of sp³-hybridized carbons (Fsp3) is 0.222. The highest BCUT2D eigenvalue weighted by molar-refractivity contribution is 5.95. The average molecular weight is 455 g/mol. The summed E-state index contributed by atoms with van der Waals surface area (Å²) in [6.07, 6.45) is -1.87. The Morgan fingerprint density at radius 3 is 2.24 bits per heavy atom. The van der Waals surface area contributed by atoms with E-state index < -0.39 is 17.9 Å². The number of nitrogens with one attached hydrogen (secondary N) is 1. The minimum absolute atomic E-state index is 0.0375. The molecule has 3 rings (SSSR count). The molecule has 0 aliphatic carbocycles. The zero-order chi connectivity index (χ0) is 24.2. The van der Waals surface area contributed by atoms with Crippen LogP contribution in [0.15, 0.2) is 66.7 Å². The van der Waals surface area contributed by atoms with Crippen molar-refractivity contribution in [3.8, 4) is 0 Å². The Morgan fingerprint density at radius 1 is 0.970 bits per heavy atom. The molecular formula is C27H25F4NO. The molecule has 0 aromatic heterocycles. The molecule has 0 aliphatic heterocycles. The Morgan fingerprint density at radius 2 is 1.64 bits per heavy atom. The van der Waals surface area contributed by atoms with Crippen LogP contribution in [0.2, 0.25) is 0 Å². The minimum Gasteiger partial charge on any atom is -0.348 e. The third-order valence-electron chi connectivity index (χ3n) is 5.33. The Hall–Kier alpha value is -3.41. The molecular weight excluding hydrogens is 430 g/mol. The van der Waals surface area contributed by atoms with Gasteiger partial charge in [-0.2, -0.15) is 13.2 Å². The van der Waals surface area contributed by atoms with Crippen LogP contribution in [0.1, 0.15) is 49.7 Å². The fourth-order valence-electron chi connectivity index (χ4n) is 3.76. The first-order valence-electron chi connectivity index (χ1n) is 10.5. The van der Waals surface area contributed by atoms with Crippen molar-refractivity contribution in [2.75, 3.05) is 0 Å². The van der Waals surface area contributed by atoms with E-state index in [1.807, 2.05) is 6.07 Å². The SMILES string of the molecule is Cc1cc(C)cc(C(/C=C/c2ccc(C(=O)NCc3ccccc3F)c(C)c2)C(F)(F)F)c1. The zero-order valence-electron chi connectivity index (χ0n) is 18.6. The highest BCUT2D eigenvalue weighted by Crippen LogP contribution is 2.37. The van der Waals surface area contributed by atoms with E-state index in [9.17, 15) is 22.4 Å². The topological polar surface area (TPSA) is 29.1 Å². The maximum Gasteiger partial charge on any atom is 0.399 e. The third kappa shape index (κ3) is 6.31. The molecule has 0 radical (unpaired) electrons. The maximum atomic E-state index is 13.7. The van der Waals surface area contributed by atoms with Gasteiger partial charge in [-0.1, -0.05) is 71.8 Å². The van der Waals surface area contributed by atoms with Crippen molar-refractivity contribution in [2.24, 2.45) is 0 Å². The molecule has 3 aromatic rings. The molecule has 0 bridgehead atoms. The summed E-state index contributed by atoms with van der Waals surface area (Å²) in [7, 11) is 0. The van der Waals surface area contributed by atoms with Crippen LogP contribution < -0.4 is 5.32 Å². The minimum atomic E-state index is -4.43. The first-order chi connectivity index (χ1) is 15.5. The lowest BCUT2D eigenvalue weighted by molar-refractivity contribution is -0.139. The maximum absolute atomic E-state index is 13.7. The van der Waals surface area contributed by atoms with Gasteiger partial charge in [-0.3, -0.25) is 4.79 Å². The molecule has 0 saturated carbocycles. The van der Waals surface area contributed by atoms with Crippen molar-refractivity contribution >= 4 is 12.0 Å². The van der Waals surface area contributed by atoms with Crippen LogP contribution in [-0.2, 0) is 6.54 Å². The van der Waals surface area contributed by atoms with Crippen molar-refractivity contribution in [1.82, 2.24) is 5.32 Å². The van der Waals surface area contributed by atoms with Crippen LogP contribution in [0.25, 0.3) is 6.08 Å². The summed E-state index contributed by atoms with van der Waals surface area (Å²) >= 11 is 0. The monoisotopic (exact) mass is 455 g/mol. The highest BCUT2D eigenvalue weighted by atomic mass is 19.4. The summed E-state index contributed by atoms with van der Waals surface area (Å²) in [6.45, 7) is 5.29. The van der Waals surface area contributed by atoms with E-state index in [-0.39, 0.29) is 18.0 Å². The molecule has 3 aromatic carbocycles. The molecule has 6 heteroatoms. The predicted molar refractivity (Wildman–Crippen MR) is 122 cm³/mol.